The maximum atomic E-state index is 12.4. The third kappa shape index (κ3) is 3.81. The van der Waals surface area contributed by atoms with Gasteiger partial charge in [0.15, 0.2) is 5.78 Å². The molecule has 0 saturated heterocycles. The Morgan fingerprint density at radius 3 is 2.52 bits per heavy atom. The first-order chi connectivity index (χ1) is 11.3. The second-order valence-electron chi connectivity index (χ2n) is 5.63. The Kier molecular flexibility index (Phi) is 4.77. The normalized spacial score (nSPS) is 19.6. The summed E-state index contributed by atoms with van der Waals surface area (Å²) in [5.74, 6) is 1.76. The summed E-state index contributed by atoms with van der Waals surface area (Å²) in [7, 11) is 1.64. The quantitative estimate of drug-likeness (QED) is 0.791. The standard InChI is InChI=1S/C20H20O3/c1-22-20-10-6-5-7-16(20)13-15-11-12-18(14-19(15)21)23-17-8-3-2-4-9-17/h2-10,13,18H,11-12,14H2,1H3/b15-13-. The van der Waals surface area contributed by atoms with Crippen LogP contribution in [0.4, 0.5) is 0 Å². The van der Waals surface area contributed by atoms with Gasteiger partial charge >= 0.3 is 0 Å². The summed E-state index contributed by atoms with van der Waals surface area (Å²) >= 11 is 0. The number of ketones is 1. The van der Waals surface area contributed by atoms with Crippen LogP contribution in [0.25, 0.3) is 6.08 Å². The van der Waals surface area contributed by atoms with Gasteiger partial charge in [-0.15, -0.1) is 0 Å². The van der Waals surface area contributed by atoms with Gasteiger partial charge < -0.3 is 9.47 Å². The Labute approximate surface area is 136 Å². The first-order valence-electron chi connectivity index (χ1n) is 7.85. The Bertz CT molecular complexity index is 704. The van der Waals surface area contributed by atoms with Gasteiger partial charge in [-0.05, 0) is 42.7 Å². The van der Waals surface area contributed by atoms with E-state index in [9.17, 15) is 4.79 Å². The molecule has 1 saturated carbocycles. The van der Waals surface area contributed by atoms with Crippen molar-refractivity contribution in [2.24, 2.45) is 0 Å². The molecule has 23 heavy (non-hydrogen) atoms. The molecule has 3 heteroatoms. The SMILES string of the molecule is COc1ccccc1/C=C1/CCC(Oc2ccccc2)CC1=O. The van der Waals surface area contributed by atoms with Crippen LogP contribution in [-0.2, 0) is 4.79 Å². The van der Waals surface area contributed by atoms with E-state index in [1.54, 1.807) is 7.11 Å². The van der Waals surface area contributed by atoms with Crippen LogP contribution in [0, 0.1) is 0 Å². The van der Waals surface area contributed by atoms with Gasteiger partial charge in [0.25, 0.3) is 0 Å². The number of rotatable bonds is 4. The average Bonchev–Trinajstić information content (AvgIpc) is 2.59. The van der Waals surface area contributed by atoms with E-state index in [0.717, 1.165) is 35.5 Å². The summed E-state index contributed by atoms with van der Waals surface area (Å²) in [6.45, 7) is 0. The van der Waals surface area contributed by atoms with Crippen molar-refractivity contribution < 1.29 is 14.3 Å². The van der Waals surface area contributed by atoms with Gasteiger partial charge in [-0.25, -0.2) is 0 Å². The van der Waals surface area contributed by atoms with Crippen LogP contribution in [0.2, 0.25) is 0 Å². The highest BCUT2D eigenvalue weighted by molar-refractivity contribution is 6.00. The highest BCUT2D eigenvalue weighted by Crippen LogP contribution is 2.28. The van der Waals surface area contributed by atoms with Gasteiger partial charge in [0.05, 0.1) is 7.11 Å². The maximum absolute atomic E-state index is 12.4. The molecule has 1 aliphatic rings. The molecule has 3 rings (SSSR count). The summed E-state index contributed by atoms with van der Waals surface area (Å²) < 4.78 is 11.2. The van der Waals surface area contributed by atoms with Gasteiger partial charge in [0.1, 0.15) is 17.6 Å². The Morgan fingerprint density at radius 2 is 1.78 bits per heavy atom. The number of hydrogen-bond donors (Lipinski definition) is 0. The number of methoxy groups -OCH3 is 1. The minimum absolute atomic E-state index is 0.0419. The largest absolute Gasteiger partial charge is 0.496 e. The number of carbonyl (C=O) groups excluding carboxylic acids is 1. The van der Waals surface area contributed by atoms with E-state index in [1.165, 1.54) is 0 Å². The fourth-order valence-electron chi connectivity index (χ4n) is 2.81. The molecule has 118 valence electrons. The van der Waals surface area contributed by atoms with Crippen LogP contribution in [0.1, 0.15) is 24.8 Å². The van der Waals surface area contributed by atoms with Gasteiger partial charge in [-0.1, -0.05) is 36.4 Å². The molecule has 1 fully saturated rings. The number of para-hydroxylation sites is 2. The zero-order chi connectivity index (χ0) is 16.1. The van der Waals surface area contributed by atoms with E-state index < -0.39 is 0 Å². The molecule has 0 radical (unpaired) electrons. The lowest BCUT2D eigenvalue weighted by Gasteiger charge is -2.24. The third-order valence-corrected chi connectivity index (χ3v) is 4.02. The molecule has 0 aliphatic heterocycles. The van der Waals surface area contributed by atoms with Crippen molar-refractivity contribution >= 4 is 11.9 Å². The van der Waals surface area contributed by atoms with Gasteiger partial charge in [-0.3, -0.25) is 4.79 Å². The van der Waals surface area contributed by atoms with Crippen LogP contribution in [-0.4, -0.2) is 19.0 Å². The molecule has 0 heterocycles. The minimum Gasteiger partial charge on any atom is -0.496 e. The predicted octanol–water partition coefficient (Wildman–Crippen LogP) is 4.28. The minimum atomic E-state index is -0.0419. The molecule has 0 spiro atoms. The van der Waals surface area contributed by atoms with Crippen molar-refractivity contribution in [2.75, 3.05) is 7.11 Å². The number of hydrogen-bond acceptors (Lipinski definition) is 3. The Morgan fingerprint density at radius 1 is 1.04 bits per heavy atom. The Balaban J connectivity index is 1.69. The van der Waals surface area contributed by atoms with Crippen molar-refractivity contribution in [3.8, 4) is 11.5 Å². The van der Waals surface area contributed by atoms with E-state index in [4.69, 9.17) is 9.47 Å². The summed E-state index contributed by atoms with van der Waals surface area (Å²) in [5, 5.41) is 0. The third-order valence-electron chi connectivity index (χ3n) is 4.02. The van der Waals surface area contributed by atoms with Crippen molar-refractivity contribution in [3.05, 3.63) is 65.7 Å². The molecule has 1 unspecified atom stereocenters. The summed E-state index contributed by atoms with van der Waals surface area (Å²) in [4.78, 5) is 12.4. The van der Waals surface area contributed by atoms with Crippen molar-refractivity contribution in [1.82, 2.24) is 0 Å². The van der Waals surface area contributed by atoms with Crippen LogP contribution in [0.15, 0.2) is 60.2 Å². The highest BCUT2D eigenvalue weighted by atomic mass is 16.5. The molecule has 3 nitrogen and oxygen atoms in total. The van der Waals surface area contributed by atoms with Gasteiger partial charge in [-0.2, -0.15) is 0 Å². The second kappa shape index (κ2) is 7.14. The van der Waals surface area contributed by atoms with Gasteiger partial charge in [0, 0.05) is 12.0 Å². The first-order valence-corrected chi connectivity index (χ1v) is 7.85. The lowest BCUT2D eigenvalue weighted by atomic mass is 9.90. The van der Waals surface area contributed by atoms with Crippen LogP contribution >= 0.6 is 0 Å². The van der Waals surface area contributed by atoms with E-state index in [1.807, 2.05) is 60.7 Å². The zero-order valence-corrected chi connectivity index (χ0v) is 13.2. The molecule has 0 amide bonds. The number of Topliss-reactive ketones (excluding diaryl/α,β-unsaturated/α-hetero) is 1. The summed E-state index contributed by atoms with van der Waals surface area (Å²) in [6, 6.07) is 17.4. The van der Waals surface area contributed by atoms with Crippen LogP contribution in [0.5, 0.6) is 11.5 Å². The number of ether oxygens (including phenoxy) is 2. The molecule has 0 aromatic heterocycles. The molecule has 0 bridgehead atoms. The zero-order valence-electron chi connectivity index (χ0n) is 13.2. The summed E-state index contributed by atoms with van der Waals surface area (Å²) in [6.07, 6.45) is 3.91. The van der Waals surface area contributed by atoms with Crippen molar-refractivity contribution in [1.29, 1.82) is 0 Å². The Hall–Kier alpha value is -2.55. The lowest BCUT2D eigenvalue weighted by Crippen LogP contribution is -2.26. The maximum Gasteiger partial charge on any atom is 0.162 e. The average molecular weight is 308 g/mol. The lowest BCUT2D eigenvalue weighted by molar-refractivity contribution is -0.118. The smallest absolute Gasteiger partial charge is 0.162 e. The fraction of sp³-hybridized carbons (Fsp3) is 0.250. The molecule has 1 atom stereocenters. The topological polar surface area (TPSA) is 35.5 Å². The monoisotopic (exact) mass is 308 g/mol. The van der Waals surface area contributed by atoms with Crippen molar-refractivity contribution in [2.45, 2.75) is 25.4 Å². The molecular formula is C20H20O3. The van der Waals surface area contributed by atoms with Crippen molar-refractivity contribution in [3.63, 3.8) is 0 Å². The first kappa shape index (κ1) is 15.3. The van der Waals surface area contributed by atoms with Crippen LogP contribution in [0.3, 0.4) is 0 Å². The number of benzene rings is 2. The van der Waals surface area contributed by atoms with E-state index in [0.29, 0.717) is 6.42 Å². The predicted molar refractivity (Wildman–Crippen MR) is 90.7 cm³/mol. The molecule has 1 aliphatic carbocycles. The molecule has 0 N–H and O–H groups in total. The number of allylic oxidation sites excluding steroid dienone is 1. The van der Waals surface area contributed by atoms with E-state index in [2.05, 4.69) is 0 Å². The van der Waals surface area contributed by atoms with Gasteiger partial charge in [0.2, 0.25) is 0 Å². The fourth-order valence-corrected chi connectivity index (χ4v) is 2.81. The molecule has 2 aromatic rings. The molecule has 2 aromatic carbocycles. The van der Waals surface area contributed by atoms with Crippen LogP contribution < -0.4 is 9.47 Å². The summed E-state index contributed by atoms with van der Waals surface area (Å²) in [5.41, 5.74) is 1.79. The van der Waals surface area contributed by atoms with E-state index in [-0.39, 0.29) is 11.9 Å². The number of carbonyl (C=O) groups is 1. The highest BCUT2D eigenvalue weighted by Gasteiger charge is 2.25. The second-order valence-corrected chi connectivity index (χ2v) is 5.63. The molecular weight excluding hydrogens is 288 g/mol. The van der Waals surface area contributed by atoms with E-state index >= 15 is 0 Å².